The molecule has 0 saturated heterocycles. The summed E-state index contributed by atoms with van der Waals surface area (Å²) in [4.78, 5) is 19.0. The van der Waals surface area contributed by atoms with E-state index in [4.69, 9.17) is 10.5 Å². The van der Waals surface area contributed by atoms with Crippen molar-refractivity contribution in [3.8, 4) is 0 Å². The van der Waals surface area contributed by atoms with Crippen molar-refractivity contribution in [1.29, 1.82) is 0 Å². The van der Waals surface area contributed by atoms with Gasteiger partial charge in [0.1, 0.15) is 17.2 Å². The first-order chi connectivity index (χ1) is 7.15. The highest BCUT2D eigenvalue weighted by molar-refractivity contribution is 7.99. The number of hydrogen-bond donors (Lipinski definition) is 1. The Labute approximate surface area is 92.4 Å². The van der Waals surface area contributed by atoms with Gasteiger partial charge in [-0.25, -0.2) is 9.97 Å². The van der Waals surface area contributed by atoms with Gasteiger partial charge in [0.2, 0.25) is 0 Å². The molecule has 1 aromatic heterocycles. The van der Waals surface area contributed by atoms with Crippen molar-refractivity contribution in [3.05, 3.63) is 11.9 Å². The topological polar surface area (TPSA) is 78.1 Å². The highest BCUT2D eigenvalue weighted by atomic mass is 32.2. The molecule has 0 fully saturated rings. The number of esters is 1. The lowest BCUT2D eigenvalue weighted by atomic mass is 10.4. The number of nitrogen functional groups attached to an aromatic ring is 1. The molecule has 0 bridgehead atoms. The van der Waals surface area contributed by atoms with Gasteiger partial charge in [0.05, 0.1) is 12.4 Å². The first-order valence-corrected chi connectivity index (χ1v) is 5.49. The predicted molar refractivity (Wildman–Crippen MR) is 58.5 cm³/mol. The monoisotopic (exact) mass is 227 g/mol. The molecule has 0 spiro atoms. The fourth-order valence-corrected chi connectivity index (χ4v) is 1.70. The van der Waals surface area contributed by atoms with E-state index in [1.165, 1.54) is 18.1 Å². The van der Waals surface area contributed by atoms with Crippen LogP contribution in [0.25, 0.3) is 0 Å². The van der Waals surface area contributed by atoms with E-state index in [0.717, 1.165) is 10.6 Å². The summed E-state index contributed by atoms with van der Waals surface area (Å²) < 4.78 is 4.80. The number of nitrogens with two attached hydrogens (primary N) is 1. The van der Waals surface area contributed by atoms with E-state index in [2.05, 4.69) is 9.97 Å². The number of ether oxygens (including phenoxy) is 1. The largest absolute Gasteiger partial charge is 0.465 e. The van der Waals surface area contributed by atoms with Crippen LogP contribution in [0.3, 0.4) is 0 Å². The summed E-state index contributed by atoms with van der Waals surface area (Å²) in [6.07, 6.45) is 1.38. The SMILES string of the molecule is CCOC(=O)CSc1ncnc(N)c1C. The van der Waals surface area contributed by atoms with Gasteiger partial charge in [0.25, 0.3) is 0 Å². The Kier molecular flexibility index (Phi) is 4.36. The van der Waals surface area contributed by atoms with E-state index in [1.807, 2.05) is 6.92 Å². The molecule has 0 saturated carbocycles. The summed E-state index contributed by atoms with van der Waals surface area (Å²) in [7, 11) is 0. The van der Waals surface area contributed by atoms with Crippen molar-refractivity contribution in [2.75, 3.05) is 18.1 Å². The zero-order valence-electron chi connectivity index (χ0n) is 8.69. The fourth-order valence-electron chi connectivity index (χ4n) is 0.922. The van der Waals surface area contributed by atoms with Crippen LogP contribution in [0.1, 0.15) is 12.5 Å². The number of carbonyl (C=O) groups excluding carboxylic acids is 1. The number of carbonyl (C=O) groups is 1. The molecule has 0 aliphatic carbocycles. The summed E-state index contributed by atoms with van der Waals surface area (Å²) >= 11 is 1.30. The number of rotatable bonds is 4. The molecule has 1 aromatic rings. The molecule has 15 heavy (non-hydrogen) atoms. The van der Waals surface area contributed by atoms with Gasteiger partial charge in [-0.05, 0) is 13.8 Å². The van der Waals surface area contributed by atoms with Crippen LogP contribution in [0.15, 0.2) is 11.4 Å². The average molecular weight is 227 g/mol. The maximum Gasteiger partial charge on any atom is 0.316 e. The Morgan fingerprint density at radius 2 is 2.33 bits per heavy atom. The van der Waals surface area contributed by atoms with E-state index in [-0.39, 0.29) is 11.7 Å². The Hall–Kier alpha value is -1.30. The minimum absolute atomic E-state index is 0.241. The van der Waals surface area contributed by atoms with Crippen molar-refractivity contribution in [1.82, 2.24) is 9.97 Å². The fraction of sp³-hybridized carbons (Fsp3) is 0.444. The molecule has 5 nitrogen and oxygen atoms in total. The number of hydrogen-bond acceptors (Lipinski definition) is 6. The lowest BCUT2D eigenvalue weighted by molar-refractivity contribution is -0.139. The highest BCUT2D eigenvalue weighted by Crippen LogP contribution is 2.21. The lowest BCUT2D eigenvalue weighted by Gasteiger charge is -2.05. The van der Waals surface area contributed by atoms with Crippen LogP contribution in [-0.4, -0.2) is 28.3 Å². The number of aromatic nitrogens is 2. The van der Waals surface area contributed by atoms with Crippen LogP contribution in [0.4, 0.5) is 5.82 Å². The summed E-state index contributed by atoms with van der Waals surface area (Å²) in [6, 6.07) is 0. The summed E-state index contributed by atoms with van der Waals surface area (Å²) in [6.45, 7) is 3.99. The van der Waals surface area contributed by atoms with Crippen LogP contribution in [0.5, 0.6) is 0 Å². The second-order valence-corrected chi connectivity index (χ2v) is 3.75. The molecule has 6 heteroatoms. The van der Waals surface area contributed by atoms with Crippen molar-refractivity contribution >= 4 is 23.5 Å². The molecular weight excluding hydrogens is 214 g/mol. The molecule has 0 radical (unpaired) electrons. The zero-order valence-corrected chi connectivity index (χ0v) is 9.50. The van der Waals surface area contributed by atoms with Crippen molar-refractivity contribution in [2.24, 2.45) is 0 Å². The van der Waals surface area contributed by atoms with E-state index in [0.29, 0.717) is 12.4 Å². The summed E-state index contributed by atoms with van der Waals surface area (Å²) in [5.41, 5.74) is 6.40. The Morgan fingerprint density at radius 3 is 3.00 bits per heavy atom. The Morgan fingerprint density at radius 1 is 1.60 bits per heavy atom. The molecule has 0 atom stereocenters. The number of thioether (sulfide) groups is 1. The molecular formula is C9H13N3O2S. The predicted octanol–water partition coefficient (Wildman–Crippen LogP) is 1.02. The minimum atomic E-state index is -0.251. The van der Waals surface area contributed by atoms with E-state index in [1.54, 1.807) is 6.92 Å². The van der Waals surface area contributed by atoms with E-state index in [9.17, 15) is 4.79 Å². The van der Waals surface area contributed by atoms with Crippen LogP contribution in [0, 0.1) is 6.92 Å². The quantitative estimate of drug-likeness (QED) is 0.470. The molecule has 2 N–H and O–H groups in total. The standard InChI is InChI=1S/C9H13N3O2S/c1-3-14-7(13)4-15-9-6(2)8(10)11-5-12-9/h5H,3-4H2,1-2H3,(H2,10,11,12). The second kappa shape index (κ2) is 5.55. The summed E-state index contributed by atoms with van der Waals surface area (Å²) in [5.74, 6) is 0.431. The van der Waals surface area contributed by atoms with E-state index < -0.39 is 0 Å². The molecule has 0 aliphatic rings. The Balaban J connectivity index is 2.58. The third-order valence-corrected chi connectivity index (χ3v) is 2.77. The van der Waals surface area contributed by atoms with Crippen molar-refractivity contribution in [3.63, 3.8) is 0 Å². The first-order valence-electron chi connectivity index (χ1n) is 4.50. The van der Waals surface area contributed by atoms with Gasteiger partial charge in [0.15, 0.2) is 0 Å². The maximum absolute atomic E-state index is 11.1. The molecule has 0 aliphatic heterocycles. The van der Waals surface area contributed by atoms with Crippen molar-refractivity contribution in [2.45, 2.75) is 18.9 Å². The molecule has 1 heterocycles. The van der Waals surface area contributed by atoms with Gasteiger partial charge < -0.3 is 10.5 Å². The van der Waals surface area contributed by atoms with Crippen molar-refractivity contribution < 1.29 is 9.53 Å². The van der Waals surface area contributed by atoms with Crippen LogP contribution >= 0.6 is 11.8 Å². The highest BCUT2D eigenvalue weighted by Gasteiger charge is 2.08. The number of anilines is 1. The van der Waals surface area contributed by atoms with Gasteiger partial charge >= 0.3 is 5.97 Å². The van der Waals surface area contributed by atoms with Gasteiger partial charge in [0, 0.05) is 5.56 Å². The molecule has 0 aromatic carbocycles. The zero-order chi connectivity index (χ0) is 11.3. The van der Waals surface area contributed by atoms with Gasteiger partial charge in [-0.2, -0.15) is 0 Å². The molecule has 0 amide bonds. The second-order valence-electron chi connectivity index (χ2n) is 2.78. The third kappa shape index (κ3) is 3.39. The molecule has 0 unspecified atom stereocenters. The lowest BCUT2D eigenvalue weighted by Crippen LogP contribution is -2.07. The molecule has 1 rings (SSSR count). The molecule has 82 valence electrons. The van der Waals surface area contributed by atoms with Crippen LogP contribution < -0.4 is 5.73 Å². The number of nitrogens with zero attached hydrogens (tertiary/aromatic N) is 2. The van der Waals surface area contributed by atoms with Gasteiger partial charge in [-0.1, -0.05) is 11.8 Å². The smallest absolute Gasteiger partial charge is 0.316 e. The van der Waals surface area contributed by atoms with Gasteiger partial charge in [-0.15, -0.1) is 0 Å². The maximum atomic E-state index is 11.1. The van der Waals surface area contributed by atoms with Gasteiger partial charge in [-0.3, -0.25) is 4.79 Å². The average Bonchev–Trinajstić information content (AvgIpc) is 2.21. The van der Waals surface area contributed by atoms with Crippen LogP contribution in [-0.2, 0) is 9.53 Å². The van der Waals surface area contributed by atoms with E-state index >= 15 is 0 Å². The van der Waals surface area contributed by atoms with Crippen LogP contribution in [0.2, 0.25) is 0 Å². The third-order valence-electron chi connectivity index (χ3n) is 1.71. The first kappa shape index (κ1) is 11.8. The Bertz CT molecular complexity index is 357. The summed E-state index contributed by atoms with van der Waals surface area (Å²) in [5, 5.41) is 0.718. The minimum Gasteiger partial charge on any atom is -0.465 e. The normalized spacial score (nSPS) is 10.0.